The van der Waals surface area contributed by atoms with Crippen molar-refractivity contribution in [3.05, 3.63) is 25.3 Å². The van der Waals surface area contributed by atoms with Crippen molar-refractivity contribution in [1.82, 2.24) is 0 Å². The maximum Gasteiger partial charge on any atom is 0.312 e. The molecule has 0 N–H and O–H groups in total. The van der Waals surface area contributed by atoms with Crippen molar-refractivity contribution in [3.63, 3.8) is 0 Å². The molecule has 1 aliphatic heterocycles. The number of carbonyl (C=O) groups is 1. The number of cyclic esters (lactones) is 1. The third-order valence-electron chi connectivity index (χ3n) is 2.79. The van der Waals surface area contributed by atoms with E-state index in [1.807, 2.05) is 0 Å². The van der Waals surface area contributed by atoms with Gasteiger partial charge in [0, 0.05) is 0 Å². The summed E-state index contributed by atoms with van der Waals surface area (Å²) in [5, 5.41) is 0. The number of hydrogen-bond acceptors (Lipinski definition) is 2. The van der Waals surface area contributed by atoms with Crippen molar-refractivity contribution >= 4 is 5.97 Å². The molecule has 0 unspecified atom stereocenters. The Morgan fingerprint density at radius 3 is 2.50 bits per heavy atom. The molecule has 0 saturated carbocycles. The van der Waals surface area contributed by atoms with Crippen molar-refractivity contribution in [1.29, 1.82) is 0 Å². The van der Waals surface area contributed by atoms with E-state index in [0.29, 0.717) is 19.4 Å². The van der Waals surface area contributed by atoms with E-state index in [2.05, 4.69) is 13.2 Å². The van der Waals surface area contributed by atoms with E-state index in [4.69, 9.17) is 4.74 Å². The molecule has 1 rings (SSSR count). The molecule has 1 saturated heterocycles. The minimum atomic E-state index is -0.375. The zero-order chi connectivity index (χ0) is 10.4. The van der Waals surface area contributed by atoms with E-state index < -0.39 is 0 Å². The molecule has 2 nitrogen and oxygen atoms in total. The first kappa shape index (κ1) is 11.0. The van der Waals surface area contributed by atoms with E-state index in [1.54, 1.807) is 12.2 Å². The summed E-state index contributed by atoms with van der Waals surface area (Å²) in [7, 11) is 0. The summed E-state index contributed by atoms with van der Waals surface area (Å²) in [6, 6.07) is 0. The molecular formula is C12H18O2. The van der Waals surface area contributed by atoms with Crippen molar-refractivity contribution < 1.29 is 9.53 Å². The predicted molar refractivity (Wildman–Crippen MR) is 56.9 cm³/mol. The maximum absolute atomic E-state index is 11.8. The van der Waals surface area contributed by atoms with Gasteiger partial charge in [-0.2, -0.15) is 0 Å². The number of ether oxygens (including phenoxy) is 1. The Kier molecular flexibility index (Phi) is 3.93. The molecule has 0 spiro atoms. The Hall–Kier alpha value is -1.05. The Bertz CT molecular complexity index is 220. The SMILES string of the molecule is C=CCC1(CC=C)CCCCOC1=O. The summed E-state index contributed by atoms with van der Waals surface area (Å²) in [5.41, 5.74) is -0.375. The second-order valence-electron chi connectivity index (χ2n) is 3.86. The van der Waals surface area contributed by atoms with Crippen LogP contribution in [-0.2, 0) is 9.53 Å². The molecule has 1 heterocycles. The zero-order valence-corrected chi connectivity index (χ0v) is 8.63. The highest BCUT2D eigenvalue weighted by Gasteiger charge is 2.38. The fourth-order valence-corrected chi connectivity index (χ4v) is 1.99. The van der Waals surface area contributed by atoms with Gasteiger partial charge >= 0.3 is 5.97 Å². The lowest BCUT2D eigenvalue weighted by Gasteiger charge is -2.27. The van der Waals surface area contributed by atoms with Crippen LogP contribution < -0.4 is 0 Å². The van der Waals surface area contributed by atoms with Crippen LogP contribution in [0.4, 0.5) is 0 Å². The van der Waals surface area contributed by atoms with Crippen LogP contribution in [0.15, 0.2) is 25.3 Å². The lowest BCUT2D eigenvalue weighted by Crippen LogP contribution is -2.30. The van der Waals surface area contributed by atoms with E-state index in [1.165, 1.54) is 0 Å². The summed E-state index contributed by atoms with van der Waals surface area (Å²) >= 11 is 0. The summed E-state index contributed by atoms with van der Waals surface area (Å²) in [6.45, 7) is 7.97. The van der Waals surface area contributed by atoms with Crippen LogP contribution in [0.3, 0.4) is 0 Å². The first-order valence-corrected chi connectivity index (χ1v) is 5.14. The Balaban J connectivity index is 2.83. The minimum absolute atomic E-state index is 0.0743. The molecule has 1 aliphatic rings. The standard InChI is InChI=1S/C12H18O2/c1-3-7-12(8-4-2)9-5-6-10-14-11(12)13/h3-4H,1-2,5-10H2. The largest absolute Gasteiger partial charge is 0.465 e. The van der Waals surface area contributed by atoms with Gasteiger partial charge in [0.25, 0.3) is 0 Å². The van der Waals surface area contributed by atoms with Crippen molar-refractivity contribution in [2.75, 3.05) is 6.61 Å². The van der Waals surface area contributed by atoms with Crippen LogP contribution in [0, 0.1) is 5.41 Å². The lowest BCUT2D eigenvalue weighted by molar-refractivity contribution is -0.154. The van der Waals surface area contributed by atoms with Crippen LogP contribution >= 0.6 is 0 Å². The molecule has 14 heavy (non-hydrogen) atoms. The quantitative estimate of drug-likeness (QED) is 0.508. The number of rotatable bonds is 4. The molecular weight excluding hydrogens is 176 g/mol. The van der Waals surface area contributed by atoms with Gasteiger partial charge in [-0.1, -0.05) is 12.2 Å². The Labute approximate surface area is 85.6 Å². The average Bonchev–Trinajstić information content (AvgIpc) is 2.32. The average molecular weight is 194 g/mol. The van der Waals surface area contributed by atoms with Gasteiger partial charge in [0.1, 0.15) is 0 Å². The summed E-state index contributed by atoms with van der Waals surface area (Å²) < 4.78 is 5.19. The molecule has 0 bridgehead atoms. The number of allylic oxidation sites excluding steroid dienone is 2. The van der Waals surface area contributed by atoms with Crippen LogP contribution in [0.25, 0.3) is 0 Å². The molecule has 0 aromatic carbocycles. The van der Waals surface area contributed by atoms with Gasteiger partial charge in [0.2, 0.25) is 0 Å². The highest BCUT2D eigenvalue weighted by Crippen LogP contribution is 2.37. The predicted octanol–water partition coefficient (Wildman–Crippen LogP) is 2.85. The first-order chi connectivity index (χ1) is 6.75. The molecule has 0 radical (unpaired) electrons. The zero-order valence-electron chi connectivity index (χ0n) is 8.63. The highest BCUT2D eigenvalue weighted by atomic mass is 16.5. The second kappa shape index (κ2) is 4.99. The van der Waals surface area contributed by atoms with Crippen molar-refractivity contribution in [3.8, 4) is 0 Å². The molecule has 0 aromatic heterocycles. The van der Waals surface area contributed by atoms with Crippen molar-refractivity contribution in [2.24, 2.45) is 5.41 Å². The normalized spacial score (nSPS) is 20.7. The fourth-order valence-electron chi connectivity index (χ4n) is 1.99. The molecule has 0 aliphatic carbocycles. The lowest BCUT2D eigenvalue weighted by atomic mass is 9.77. The molecule has 0 amide bonds. The van der Waals surface area contributed by atoms with Gasteiger partial charge in [-0.05, 0) is 32.1 Å². The third kappa shape index (κ3) is 2.25. The number of hydrogen-bond donors (Lipinski definition) is 0. The van der Waals surface area contributed by atoms with E-state index in [9.17, 15) is 4.79 Å². The second-order valence-corrected chi connectivity index (χ2v) is 3.86. The molecule has 2 heteroatoms. The molecule has 0 atom stereocenters. The number of carbonyl (C=O) groups excluding carboxylic acids is 1. The monoisotopic (exact) mass is 194 g/mol. The smallest absolute Gasteiger partial charge is 0.312 e. The Morgan fingerprint density at radius 2 is 1.93 bits per heavy atom. The summed E-state index contributed by atoms with van der Waals surface area (Å²) in [4.78, 5) is 11.8. The Morgan fingerprint density at radius 1 is 1.29 bits per heavy atom. The van der Waals surface area contributed by atoms with Gasteiger partial charge < -0.3 is 4.74 Å². The maximum atomic E-state index is 11.8. The van der Waals surface area contributed by atoms with Crippen LogP contribution in [0.1, 0.15) is 32.1 Å². The first-order valence-electron chi connectivity index (χ1n) is 5.14. The van der Waals surface area contributed by atoms with Gasteiger partial charge in [0.15, 0.2) is 0 Å². The molecule has 0 aromatic rings. The third-order valence-corrected chi connectivity index (χ3v) is 2.79. The van der Waals surface area contributed by atoms with Gasteiger partial charge in [-0.3, -0.25) is 4.79 Å². The fraction of sp³-hybridized carbons (Fsp3) is 0.583. The van der Waals surface area contributed by atoms with E-state index in [0.717, 1.165) is 19.3 Å². The van der Waals surface area contributed by atoms with Crippen LogP contribution in [-0.4, -0.2) is 12.6 Å². The minimum Gasteiger partial charge on any atom is -0.465 e. The van der Waals surface area contributed by atoms with Gasteiger partial charge in [0.05, 0.1) is 12.0 Å². The van der Waals surface area contributed by atoms with Crippen LogP contribution in [0.5, 0.6) is 0 Å². The van der Waals surface area contributed by atoms with E-state index >= 15 is 0 Å². The number of esters is 1. The van der Waals surface area contributed by atoms with Gasteiger partial charge in [-0.25, -0.2) is 0 Å². The van der Waals surface area contributed by atoms with E-state index in [-0.39, 0.29) is 11.4 Å². The topological polar surface area (TPSA) is 26.3 Å². The van der Waals surface area contributed by atoms with Crippen LogP contribution in [0.2, 0.25) is 0 Å². The molecule has 78 valence electrons. The highest BCUT2D eigenvalue weighted by molar-refractivity contribution is 5.77. The molecule has 1 fully saturated rings. The van der Waals surface area contributed by atoms with Crippen molar-refractivity contribution in [2.45, 2.75) is 32.1 Å². The summed E-state index contributed by atoms with van der Waals surface area (Å²) in [5.74, 6) is -0.0743. The summed E-state index contributed by atoms with van der Waals surface area (Å²) in [6.07, 6.45) is 7.90. The van der Waals surface area contributed by atoms with Gasteiger partial charge in [-0.15, -0.1) is 13.2 Å².